The zero-order valence-electron chi connectivity index (χ0n) is 15.5. The molecule has 0 radical (unpaired) electrons. The van der Waals surface area contributed by atoms with Crippen molar-refractivity contribution in [2.75, 3.05) is 26.5 Å². The Kier molecular flexibility index (Phi) is 10.2. The third-order valence-corrected chi connectivity index (χ3v) is 5.62. The van der Waals surface area contributed by atoms with Gasteiger partial charge in [0.25, 0.3) is 0 Å². The number of rotatable bonds is 8. The minimum absolute atomic E-state index is 0. The summed E-state index contributed by atoms with van der Waals surface area (Å²) < 4.78 is 29.7. The average molecular weight is 503 g/mol. The first-order valence-corrected chi connectivity index (χ1v) is 10.1. The van der Waals surface area contributed by atoms with Gasteiger partial charge in [-0.3, -0.25) is 4.99 Å². The first-order chi connectivity index (χ1) is 12.5. The van der Waals surface area contributed by atoms with E-state index in [9.17, 15) is 8.42 Å². The average Bonchev–Trinajstić information content (AvgIpc) is 2.68. The smallest absolute Gasteiger partial charge is 0.191 e. The molecule has 0 atom stereocenters. The molecule has 0 unspecified atom stereocenters. The van der Waals surface area contributed by atoms with Gasteiger partial charge in [0.1, 0.15) is 5.75 Å². The van der Waals surface area contributed by atoms with Gasteiger partial charge in [-0.1, -0.05) is 30.3 Å². The number of ether oxygens (including phenoxy) is 1. The van der Waals surface area contributed by atoms with Crippen LogP contribution in [0.25, 0.3) is 0 Å². The summed E-state index contributed by atoms with van der Waals surface area (Å²) in [5, 5.41) is 6.34. The number of aliphatic imine (C=N–C) groups is 1. The third-order valence-electron chi connectivity index (χ3n) is 3.80. The van der Waals surface area contributed by atoms with Crippen LogP contribution in [0.3, 0.4) is 0 Å². The zero-order chi connectivity index (χ0) is 18.8. The van der Waals surface area contributed by atoms with Gasteiger partial charge in [-0.25, -0.2) is 8.42 Å². The van der Waals surface area contributed by atoms with Gasteiger partial charge >= 0.3 is 0 Å². The first kappa shape index (κ1) is 23.2. The standard InChI is InChI=1S/C19H25N3O3S.HI/c1-20-19(22-15-16-8-6-9-17(14-16)25-2)21-12-7-13-26(23,24)18-10-4-3-5-11-18;/h3-6,8-11,14H,7,12-13,15H2,1-2H3,(H2,20,21,22);1H. The molecular formula is C19H26IN3O3S. The minimum atomic E-state index is -3.24. The van der Waals surface area contributed by atoms with Crippen LogP contribution in [0.1, 0.15) is 12.0 Å². The largest absolute Gasteiger partial charge is 0.497 e. The van der Waals surface area contributed by atoms with Crippen molar-refractivity contribution in [1.29, 1.82) is 0 Å². The monoisotopic (exact) mass is 503 g/mol. The number of benzene rings is 2. The van der Waals surface area contributed by atoms with Crippen LogP contribution in [-0.2, 0) is 16.4 Å². The molecule has 0 spiro atoms. The number of hydrogen-bond acceptors (Lipinski definition) is 4. The van der Waals surface area contributed by atoms with Crippen LogP contribution in [0, 0.1) is 0 Å². The van der Waals surface area contributed by atoms with E-state index in [0.717, 1.165) is 11.3 Å². The van der Waals surface area contributed by atoms with Gasteiger partial charge < -0.3 is 15.4 Å². The summed E-state index contributed by atoms with van der Waals surface area (Å²) in [4.78, 5) is 4.51. The molecule has 0 aromatic heterocycles. The predicted octanol–water partition coefficient (Wildman–Crippen LogP) is 2.84. The third kappa shape index (κ3) is 7.76. The van der Waals surface area contributed by atoms with E-state index in [1.165, 1.54) is 0 Å². The number of hydrogen-bond donors (Lipinski definition) is 2. The van der Waals surface area contributed by atoms with E-state index in [4.69, 9.17) is 4.74 Å². The van der Waals surface area contributed by atoms with Gasteiger partial charge in [0, 0.05) is 20.1 Å². The highest BCUT2D eigenvalue weighted by Gasteiger charge is 2.13. The molecule has 0 amide bonds. The molecule has 0 fully saturated rings. The van der Waals surface area contributed by atoms with E-state index in [0.29, 0.717) is 30.4 Å². The van der Waals surface area contributed by atoms with E-state index in [1.807, 2.05) is 24.3 Å². The fraction of sp³-hybridized carbons (Fsp3) is 0.316. The number of halogens is 1. The Labute approximate surface area is 178 Å². The molecule has 0 aliphatic rings. The molecule has 8 heteroatoms. The predicted molar refractivity (Wildman–Crippen MR) is 120 cm³/mol. The van der Waals surface area contributed by atoms with E-state index < -0.39 is 9.84 Å². The van der Waals surface area contributed by atoms with Gasteiger partial charge in [0.2, 0.25) is 0 Å². The molecule has 0 heterocycles. The lowest BCUT2D eigenvalue weighted by Crippen LogP contribution is -2.37. The number of nitrogens with zero attached hydrogens (tertiary/aromatic N) is 1. The molecule has 2 aromatic rings. The van der Waals surface area contributed by atoms with Gasteiger partial charge in [-0.15, -0.1) is 24.0 Å². The minimum Gasteiger partial charge on any atom is -0.497 e. The molecule has 2 rings (SSSR count). The summed E-state index contributed by atoms with van der Waals surface area (Å²) in [6.45, 7) is 1.11. The summed E-state index contributed by atoms with van der Waals surface area (Å²) >= 11 is 0. The van der Waals surface area contributed by atoms with Crippen LogP contribution in [0.4, 0.5) is 0 Å². The Morgan fingerprint density at radius 1 is 1.07 bits per heavy atom. The van der Waals surface area contributed by atoms with Gasteiger partial charge in [0.15, 0.2) is 15.8 Å². The maximum absolute atomic E-state index is 12.2. The maximum atomic E-state index is 12.2. The lowest BCUT2D eigenvalue weighted by atomic mass is 10.2. The van der Waals surface area contributed by atoms with E-state index in [-0.39, 0.29) is 29.7 Å². The second kappa shape index (κ2) is 11.8. The molecule has 0 saturated carbocycles. The van der Waals surface area contributed by atoms with Crippen molar-refractivity contribution >= 4 is 39.8 Å². The van der Waals surface area contributed by atoms with Gasteiger partial charge in [-0.05, 0) is 36.2 Å². The second-order valence-corrected chi connectivity index (χ2v) is 7.80. The summed E-state index contributed by atoms with van der Waals surface area (Å²) in [7, 11) is 0.0755. The Balaban J connectivity index is 0.00000364. The second-order valence-electron chi connectivity index (χ2n) is 5.69. The van der Waals surface area contributed by atoms with Crippen LogP contribution in [-0.4, -0.2) is 40.8 Å². The molecule has 0 bridgehead atoms. The van der Waals surface area contributed by atoms with Crippen LogP contribution < -0.4 is 15.4 Å². The van der Waals surface area contributed by atoms with Crippen LogP contribution in [0.15, 0.2) is 64.5 Å². The lowest BCUT2D eigenvalue weighted by molar-refractivity contribution is 0.414. The Morgan fingerprint density at radius 2 is 1.81 bits per heavy atom. The van der Waals surface area contributed by atoms with Gasteiger partial charge in [0.05, 0.1) is 17.8 Å². The summed E-state index contributed by atoms with van der Waals surface area (Å²) in [6, 6.07) is 16.3. The fourth-order valence-corrected chi connectivity index (χ4v) is 3.74. The maximum Gasteiger partial charge on any atom is 0.191 e. The lowest BCUT2D eigenvalue weighted by Gasteiger charge is -2.12. The SMILES string of the molecule is CN=C(NCCCS(=O)(=O)c1ccccc1)NCc1cccc(OC)c1.I. The number of nitrogens with one attached hydrogen (secondary N) is 2. The molecule has 148 valence electrons. The van der Waals surface area contributed by atoms with Crippen molar-refractivity contribution in [3.63, 3.8) is 0 Å². The van der Waals surface area contributed by atoms with Crippen LogP contribution in [0.5, 0.6) is 5.75 Å². The van der Waals surface area contributed by atoms with Crippen LogP contribution in [0.2, 0.25) is 0 Å². The van der Waals surface area contributed by atoms with E-state index >= 15 is 0 Å². The van der Waals surface area contributed by atoms with Crippen LogP contribution >= 0.6 is 24.0 Å². The normalized spacial score (nSPS) is 11.4. The van der Waals surface area contributed by atoms with E-state index in [2.05, 4.69) is 15.6 Å². The highest BCUT2D eigenvalue weighted by molar-refractivity contribution is 14.0. The van der Waals surface area contributed by atoms with E-state index in [1.54, 1.807) is 44.5 Å². The Hall–Kier alpha value is -1.81. The van der Waals surface area contributed by atoms with Crippen molar-refractivity contribution in [1.82, 2.24) is 10.6 Å². The highest BCUT2D eigenvalue weighted by Crippen LogP contribution is 2.12. The van der Waals surface area contributed by atoms with Crippen molar-refractivity contribution in [2.45, 2.75) is 17.9 Å². The van der Waals surface area contributed by atoms with Crippen molar-refractivity contribution < 1.29 is 13.2 Å². The first-order valence-electron chi connectivity index (χ1n) is 8.40. The topological polar surface area (TPSA) is 79.8 Å². The molecule has 0 saturated heterocycles. The quantitative estimate of drug-likeness (QED) is 0.251. The molecule has 2 aromatic carbocycles. The Morgan fingerprint density at radius 3 is 2.48 bits per heavy atom. The molecule has 0 aliphatic heterocycles. The van der Waals surface area contributed by atoms with Crippen molar-refractivity contribution in [3.05, 3.63) is 60.2 Å². The Bertz CT molecular complexity index is 827. The summed E-state index contributed by atoms with van der Waals surface area (Å²) in [5.74, 6) is 1.53. The highest BCUT2D eigenvalue weighted by atomic mass is 127. The van der Waals surface area contributed by atoms with Gasteiger partial charge in [-0.2, -0.15) is 0 Å². The number of sulfone groups is 1. The molecule has 0 aliphatic carbocycles. The fourth-order valence-electron chi connectivity index (χ4n) is 2.40. The molecular weight excluding hydrogens is 477 g/mol. The molecule has 27 heavy (non-hydrogen) atoms. The van der Waals surface area contributed by atoms with Crippen molar-refractivity contribution in [2.24, 2.45) is 4.99 Å². The summed E-state index contributed by atoms with van der Waals surface area (Å²) in [5.41, 5.74) is 1.07. The molecule has 2 N–H and O–H groups in total. The number of guanidine groups is 1. The summed E-state index contributed by atoms with van der Waals surface area (Å²) in [6.07, 6.45) is 0.497. The zero-order valence-corrected chi connectivity index (χ0v) is 18.7. The molecule has 6 nitrogen and oxygen atoms in total. The number of methoxy groups -OCH3 is 1. The van der Waals surface area contributed by atoms with Crippen molar-refractivity contribution in [3.8, 4) is 5.75 Å².